The maximum Gasteiger partial charge on any atom is 0.177 e. The molecule has 5 rings (SSSR count). The first-order valence-electron chi connectivity index (χ1n) is 9.11. The summed E-state index contributed by atoms with van der Waals surface area (Å²) in [6.07, 6.45) is 3.77. The highest BCUT2D eigenvalue weighted by molar-refractivity contribution is 5.61. The summed E-state index contributed by atoms with van der Waals surface area (Å²) in [6, 6.07) is 10.8. The van der Waals surface area contributed by atoms with Gasteiger partial charge in [0.15, 0.2) is 5.65 Å². The van der Waals surface area contributed by atoms with Crippen molar-refractivity contribution in [1.82, 2.24) is 19.8 Å². The molecule has 0 bridgehead atoms. The molecule has 27 heavy (non-hydrogen) atoms. The Morgan fingerprint density at radius 2 is 2.04 bits per heavy atom. The van der Waals surface area contributed by atoms with Crippen LogP contribution in [0.1, 0.15) is 18.4 Å². The second-order valence-electron chi connectivity index (χ2n) is 7.14. The van der Waals surface area contributed by atoms with Gasteiger partial charge >= 0.3 is 0 Å². The van der Waals surface area contributed by atoms with Gasteiger partial charge in [-0.25, -0.2) is 4.39 Å². The second-order valence-corrected chi connectivity index (χ2v) is 7.14. The molecule has 2 aromatic heterocycles. The van der Waals surface area contributed by atoms with Gasteiger partial charge in [0.1, 0.15) is 24.0 Å². The lowest BCUT2D eigenvalue weighted by atomic mass is 9.92. The van der Waals surface area contributed by atoms with Crippen molar-refractivity contribution in [2.45, 2.75) is 18.9 Å². The van der Waals surface area contributed by atoms with Gasteiger partial charge in [-0.2, -0.15) is 9.78 Å². The van der Waals surface area contributed by atoms with E-state index in [4.69, 9.17) is 0 Å². The topological polar surface area (TPSA) is 73.4 Å². The molecule has 3 aromatic rings. The fourth-order valence-electron chi connectivity index (χ4n) is 4.38. The Hall–Kier alpha value is -3.21. The summed E-state index contributed by atoms with van der Waals surface area (Å²) < 4.78 is 15.2. The van der Waals surface area contributed by atoms with Gasteiger partial charge in [0.05, 0.1) is 11.3 Å². The first-order chi connectivity index (χ1) is 13.2. The Balaban J connectivity index is 1.44. The number of nitriles is 1. The Bertz CT molecular complexity index is 1040. The molecule has 2 fully saturated rings. The number of aromatic nitrogens is 4. The van der Waals surface area contributed by atoms with Gasteiger partial charge in [0.25, 0.3) is 0 Å². The van der Waals surface area contributed by atoms with Crippen molar-refractivity contribution in [2.75, 3.05) is 29.4 Å². The largest absolute Gasteiger partial charge is 0.365 e. The van der Waals surface area contributed by atoms with E-state index in [1.54, 1.807) is 16.9 Å². The smallest absolute Gasteiger partial charge is 0.177 e. The molecule has 136 valence electrons. The van der Waals surface area contributed by atoms with Crippen molar-refractivity contribution in [3.63, 3.8) is 0 Å². The molecule has 0 saturated carbocycles. The van der Waals surface area contributed by atoms with Crippen molar-refractivity contribution >= 4 is 17.2 Å². The van der Waals surface area contributed by atoms with Gasteiger partial charge in [0, 0.05) is 25.7 Å². The average Bonchev–Trinajstić information content (AvgIpc) is 3.33. The molecule has 0 radical (unpaired) electrons. The van der Waals surface area contributed by atoms with E-state index in [1.807, 2.05) is 12.1 Å². The molecule has 1 aromatic carbocycles. The summed E-state index contributed by atoms with van der Waals surface area (Å²) in [5, 5.41) is 21.9. The van der Waals surface area contributed by atoms with Crippen LogP contribution in [0.5, 0.6) is 0 Å². The first-order valence-corrected chi connectivity index (χ1v) is 9.11. The quantitative estimate of drug-likeness (QED) is 0.695. The molecule has 0 spiro atoms. The molecule has 0 aliphatic carbocycles. The minimum absolute atomic E-state index is 0.287. The van der Waals surface area contributed by atoms with Crippen molar-refractivity contribution in [2.24, 2.45) is 5.92 Å². The van der Waals surface area contributed by atoms with Crippen LogP contribution in [0.4, 0.5) is 15.9 Å². The summed E-state index contributed by atoms with van der Waals surface area (Å²) in [6.45, 7) is 2.67. The first kappa shape index (κ1) is 16.0. The van der Waals surface area contributed by atoms with Gasteiger partial charge in [-0.15, -0.1) is 15.3 Å². The summed E-state index contributed by atoms with van der Waals surface area (Å²) in [5.74, 6) is 1.10. The van der Waals surface area contributed by atoms with Crippen LogP contribution in [0.15, 0.2) is 36.7 Å². The van der Waals surface area contributed by atoms with E-state index in [9.17, 15) is 9.65 Å². The average molecular weight is 363 g/mol. The normalized spacial score (nSPS) is 22.1. The zero-order valence-electron chi connectivity index (χ0n) is 14.7. The molecule has 0 amide bonds. The molecular weight excluding hydrogens is 345 g/mol. The van der Waals surface area contributed by atoms with Gasteiger partial charge in [-0.05, 0) is 49.1 Å². The van der Waals surface area contributed by atoms with Crippen LogP contribution in [0.25, 0.3) is 5.65 Å². The molecule has 2 atom stereocenters. The fraction of sp³-hybridized carbons (Fsp3) is 0.368. The number of nitrogens with zero attached hydrogens (tertiary/aromatic N) is 7. The molecule has 0 N–H and O–H groups in total. The van der Waals surface area contributed by atoms with Gasteiger partial charge in [-0.3, -0.25) is 0 Å². The fourth-order valence-corrected chi connectivity index (χ4v) is 4.38. The van der Waals surface area contributed by atoms with Crippen molar-refractivity contribution in [3.8, 4) is 6.07 Å². The molecule has 2 saturated heterocycles. The van der Waals surface area contributed by atoms with Crippen molar-refractivity contribution in [3.05, 3.63) is 48.0 Å². The lowest BCUT2D eigenvalue weighted by Gasteiger charge is -2.40. The van der Waals surface area contributed by atoms with E-state index in [0.717, 1.165) is 49.6 Å². The van der Waals surface area contributed by atoms with Crippen LogP contribution in [0.3, 0.4) is 0 Å². The number of halogens is 1. The standard InChI is InChI=1S/C19H18FN7/c20-15-1-2-16(14(9-15)10-21)26-8-6-13-5-7-25(11-17(13)26)19-4-3-18-23-22-12-27(18)24-19/h1-4,9,12-13,17H,5-8,11H2. The summed E-state index contributed by atoms with van der Waals surface area (Å²) in [4.78, 5) is 4.54. The maximum absolute atomic E-state index is 13.5. The highest BCUT2D eigenvalue weighted by Crippen LogP contribution is 2.37. The number of piperidine rings is 1. The van der Waals surface area contributed by atoms with Crippen molar-refractivity contribution < 1.29 is 4.39 Å². The van der Waals surface area contributed by atoms with E-state index in [2.05, 4.69) is 31.2 Å². The SMILES string of the molecule is N#Cc1cc(F)ccc1N1CCC2CCN(c3ccc4nncn4n3)CC21. The van der Waals surface area contributed by atoms with Crippen LogP contribution in [-0.4, -0.2) is 45.5 Å². The van der Waals surface area contributed by atoms with E-state index >= 15 is 0 Å². The third kappa shape index (κ3) is 2.67. The molecular formula is C19H18FN7. The third-order valence-corrected chi connectivity index (χ3v) is 5.72. The Labute approximate surface area is 155 Å². The lowest BCUT2D eigenvalue weighted by molar-refractivity contribution is 0.388. The number of benzene rings is 1. The molecule has 2 unspecified atom stereocenters. The number of hydrogen-bond donors (Lipinski definition) is 0. The van der Waals surface area contributed by atoms with Crippen LogP contribution < -0.4 is 9.80 Å². The predicted octanol–water partition coefficient (Wildman–Crippen LogP) is 2.24. The van der Waals surface area contributed by atoms with E-state index < -0.39 is 0 Å². The van der Waals surface area contributed by atoms with E-state index in [1.165, 1.54) is 12.1 Å². The minimum atomic E-state index is -0.372. The van der Waals surface area contributed by atoms with Gasteiger partial charge in [-0.1, -0.05) is 0 Å². The van der Waals surface area contributed by atoms with Gasteiger partial charge in [0.2, 0.25) is 0 Å². The third-order valence-electron chi connectivity index (χ3n) is 5.72. The highest BCUT2D eigenvalue weighted by Gasteiger charge is 2.39. The Morgan fingerprint density at radius 3 is 2.93 bits per heavy atom. The predicted molar refractivity (Wildman–Crippen MR) is 98.0 cm³/mol. The monoisotopic (exact) mass is 363 g/mol. The molecule has 4 heterocycles. The van der Waals surface area contributed by atoms with E-state index in [0.29, 0.717) is 11.5 Å². The van der Waals surface area contributed by atoms with Crippen LogP contribution in [-0.2, 0) is 0 Å². The molecule has 2 aliphatic rings. The second kappa shape index (κ2) is 6.20. The van der Waals surface area contributed by atoms with Crippen LogP contribution in [0.2, 0.25) is 0 Å². The highest BCUT2D eigenvalue weighted by atomic mass is 19.1. The summed E-state index contributed by atoms with van der Waals surface area (Å²) in [7, 11) is 0. The number of anilines is 2. The van der Waals surface area contributed by atoms with Crippen LogP contribution in [0, 0.1) is 23.1 Å². The van der Waals surface area contributed by atoms with Crippen LogP contribution >= 0.6 is 0 Å². The number of rotatable bonds is 2. The van der Waals surface area contributed by atoms with Gasteiger partial charge < -0.3 is 9.80 Å². The zero-order valence-corrected chi connectivity index (χ0v) is 14.7. The summed E-state index contributed by atoms with van der Waals surface area (Å²) >= 11 is 0. The Kier molecular flexibility index (Phi) is 3.67. The maximum atomic E-state index is 13.5. The zero-order chi connectivity index (χ0) is 18.4. The number of fused-ring (bicyclic) bond motifs is 2. The number of hydrogen-bond acceptors (Lipinski definition) is 6. The summed E-state index contributed by atoms with van der Waals surface area (Å²) in [5.41, 5.74) is 1.95. The lowest BCUT2D eigenvalue weighted by Crippen LogP contribution is -2.48. The molecule has 8 heteroatoms. The van der Waals surface area contributed by atoms with E-state index in [-0.39, 0.29) is 11.9 Å². The molecule has 2 aliphatic heterocycles. The van der Waals surface area contributed by atoms with Crippen molar-refractivity contribution in [1.29, 1.82) is 5.26 Å². The minimum Gasteiger partial charge on any atom is -0.365 e. The Morgan fingerprint density at radius 1 is 1.15 bits per heavy atom. The molecule has 7 nitrogen and oxygen atoms in total.